The Morgan fingerprint density at radius 3 is 2.81 bits per heavy atom. The number of carboxylic acids is 1. The van der Waals surface area contributed by atoms with Crippen LogP contribution >= 0.6 is 11.8 Å². The van der Waals surface area contributed by atoms with E-state index in [1.807, 2.05) is 6.26 Å². The number of carbonyl (C=O) groups excluding carboxylic acids is 1. The molecule has 6 nitrogen and oxygen atoms in total. The third-order valence-electron chi connectivity index (χ3n) is 2.39. The van der Waals surface area contributed by atoms with E-state index in [0.29, 0.717) is 5.69 Å². The largest absolute Gasteiger partial charge is 0.477 e. The third kappa shape index (κ3) is 1.53. The number of amides is 1. The van der Waals surface area contributed by atoms with E-state index in [4.69, 9.17) is 5.11 Å². The molecule has 0 bridgehead atoms. The Balaban J connectivity index is 2.61. The van der Waals surface area contributed by atoms with E-state index < -0.39 is 5.97 Å². The average Bonchev–Trinajstić information content (AvgIpc) is 2.56. The molecule has 0 radical (unpaired) electrons. The Hall–Kier alpha value is -1.63. The predicted molar refractivity (Wildman–Crippen MR) is 61.4 cm³/mol. The maximum atomic E-state index is 11.3. The average molecular weight is 241 g/mol. The number of hydrogen-bond donors (Lipinski definition) is 3. The molecule has 0 saturated heterocycles. The molecule has 0 unspecified atom stereocenters. The Morgan fingerprint density at radius 2 is 2.25 bits per heavy atom. The predicted octanol–water partition coefficient (Wildman–Crippen LogP) is 0.823. The first-order valence-electron chi connectivity index (χ1n) is 4.58. The minimum Gasteiger partial charge on any atom is -0.477 e. The second kappa shape index (κ2) is 3.75. The fourth-order valence-electron chi connectivity index (χ4n) is 1.73. The lowest BCUT2D eigenvalue weighted by atomic mass is 10.2. The highest BCUT2D eigenvalue weighted by Crippen LogP contribution is 2.39. The van der Waals surface area contributed by atoms with Gasteiger partial charge in [-0.25, -0.2) is 4.79 Å². The number of fused-ring (bicyclic) bond motifs is 1. The molecule has 0 atom stereocenters. The minimum atomic E-state index is -1.08. The van der Waals surface area contributed by atoms with Crippen molar-refractivity contribution in [1.82, 2.24) is 4.98 Å². The van der Waals surface area contributed by atoms with Crippen LogP contribution in [0.2, 0.25) is 0 Å². The van der Waals surface area contributed by atoms with Crippen molar-refractivity contribution in [2.45, 2.75) is 5.03 Å². The van der Waals surface area contributed by atoms with Gasteiger partial charge in [0.15, 0.2) is 5.69 Å². The Labute approximate surface area is 96.0 Å². The highest BCUT2D eigenvalue weighted by atomic mass is 32.2. The van der Waals surface area contributed by atoms with Crippen LogP contribution < -0.4 is 10.2 Å². The van der Waals surface area contributed by atoms with Gasteiger partial charge in [-0.05, 0) is 6.26 Å². The van der Waals surface area contributed by atoms with E-state index in [-0.39, 0.29) is 18.1 Å². The van der Waals surface area contributed by atoms with E-state index >= 15 is 0 Å². The standard InChI is InChI=1S/C9H11N3O3S/c1-12-3-4(13)10-5-6(9(14)15)11-8(16-2)7(5)12/h11H,3H2,1-2H3,(H,10,13)(H,14,15). The number of rotatable bonds is 2. The second-order valence-electron chi connectivity index (χ2n) is 3.47. The maximum absolute atomic E-state index is 11.3. The summed E-state index contributed by atoms with van der Waals surface area (Å²) in [7, 11) is 1.76. The van der Waals surface area contributed by atoms with Crippen LogP contribution in [0.25, 0.3) is 0 Å². The van der Waals surface area contributed by atoms with E-state index in [2.05, 4.69) is 10.3 Å². The van der Waals surface area contributed by atoms with Crippen LogP contribution in [0.1, 0.15) is 10.5 Å². The number of carboxylic acid groups (broad SMARTS) is 1. The lowest BCUT2D eigenvalue weighted by Gasteiger charge is -2.25. The first kappa shape index (κ1) is 10.9. The number of nitrogens with one attached hydrogen (secondary N) is 2. The fraction of sp³-hybridized carbons (Fsp3) is 0.333. The summed E-state index contributed by atoms with van der Waals surface area (Å²) in [6.07, 6.45) is 1.85. The molecule has 0 saturated carbocycles. The number of nitrogens with zero attached hydrogens (tertiary/aromatic N) is 1. The third-order valence-corrected chi connectivity index (χ3v) is 3.09. The fourth-order valence-corrected chi connectivity index (χ4v) is 2.39. The molecular weight excluding hydrogens is 230 g/mol. The van der Waals surface area contributed by atoms with Crippen LogP contribution in [-0.4, -0.2) is 41.8 Å². The first-order valence-corrected chi connectivity index (χ1v) is 5.81. The lowest BCUT2D eigenvalue weighted by molar-refractivity contribution is -0.115. The van der Waals surface area contributed by atoms with Crippen molar-refractivity contribution < 1.29 is 14.7 Å². The Bertz CT molecular complexity index is 469. The van der Waals surface area contributed by atoms with Crippen LogP contribution in [0.15, 0.2) is 5.03 Å². The van der Waals surface area contributed by atoms with Gasteiger partial charge in [0, 0.05) is 7.05 Å². The summed E-state index contributed by atoms with van der Waals surface area (Å²) < 4.78 is 0. The second-order valence-corrected chi connectivity index (χ2v) is 4.28. The number of carbonyl (C=O) groups is 2. The van der Waals surface area contributed by atoms with Crippen molar-refractivity contribution in [1.29, 1.82) is 0 Å². The summed E-state index contributed by atoms with van der Waals surface area (Å²) >= 11 is 1.41. The normalized spacial score (nSPS) is 14.6. The van der Waals surface area contributed by atoms with Gasteiger partial charge >= 0.3 is 5.97 Å². The van der Waals surface area contributed by atoms with Crippen LogP contribution in [0, 0.1) is 0 Å². The smallest absolute Gasteiger partial charge is 0.354 e. The highest BCUT2D eigenvalue weighted by Gasteiger charge is 2.29. The van der Waals surface area contributed by atoms with Crippen LogP contribution in [-0.2, 0) is 4.79 Å². The van der Waals surface area contributed by atoms with Crippen molar-refractivity contribution in [2.75, 3.05) is 30.1 Å². The van der Waals surface area contributed by atoms with Gasteiger partial charge in [0.25, 0.3) is 0 Å². The summed E-state index contributed by atoms with van der Waals surface area (Å²) in [6, 6.07) is 0. The quantitative estimate of drug-likeness (QED) is 0.667. The Kier molecular flexibility index (Phi) is 2.55. The molecule has 0 spiro atoms. The van der Waals surface area contributed by atoms with Gasteiger partial charge in [-0.3, -0.25) is 4.79 Å². The van der Waals surface area contributed by atoms with Gasteiger partial charge < -0.3 is 20.3 Å². The summed E-state index contributed by atoms with van der Waals surface area (Å²) in [5.41, 5.74) is 1.12. The molecule has 0 aliphatic carbocycles. The van der Waals surface area contributed by atoms with Crippen molar-refractivity contribution in [3.8, 4) is 0 Å². The zero-order valence-electron chi connectivity index (χ0n) is 8.83. The molecule has 0 fully saturated rings. The molecular formula is C9H11N3O3S. The van der Waals surface area contributed by atoms with E-state index in [0.717, 1.165) is 10.7 Å². The molecule has 1 aromatic rings. The van der Waals surface area contributed by atoms with E-state index in [1.54, 1.807) is 11.9 Å². The van der Waals surface area contributed by atoms with Crippen molar-refractivity contribution in [3.05, 3.63) is 5.69 Å². The number of aromatic nitrogens is 1. The molecule has 1 aliphatic heterocycles. The highest BCUT2D eigenvalue weighted by molar-refractivity contribution is 7.98. The Morgan fingerprint density at radius 1 is 1.56 bits per heavy atom. The maximum Gasteiger partial charge on any atom is 0.354 e. The molecule has 86 valence electrons. The molecule has 16 heavy (non-hydrogen) atoms. The number of aromatic amines is 1. The van der Waals surface area contributed by atoms with Crippen molar-refractivity contribution >= 4 is 35.0 Å². The van der Waals surface area contributed by atoms with Crippen molar-refractivity contribution in [2.24, 2.45) is 0 Å². The number of hydrogen-bond acceptors (Lipinski definition) is 4. The van der Waals surface area contributed by atoms with Crippen molar-refractivity contribution in [3.63, 3.8) is 0 Å². The van der Waals surface area contributed by atoms with Gasteiger partial charge in [0.2, 0.25) is 5.91 Å². The summed E-state index contributed by atoms with van der Waals surface area (Å²) in [6.45, 7) is 0.234. The molecule has 0 aromatic carbocycles. The number of likely N-dealkylation sites (N-methyl/N-ethyl adjacent to an activating group) is 1. The lowest BCUT2D eigenvalue weighted by Crippen LogP contribution is -2.35. The van der Waals surface area contributed by atoms with Crippen LogP contribution in [0.3, 0.4) is 0 Å². The summed E-state index contributed by atoms with van der Waals surface area (Å²) in [5, 5.41) is 12.3. The monoisotopic (exact) mass is 241 g/mol. The molecule has 2 heterocycles. The number of thioether (sulfide) groups is 1. The summed E-state index contributed by atoms with van der Waals surface area (Å²) in [5.74, 6) is -1.28. The van der Waals surface area contributed by atoms with Gasteiger partial charge in [-0.2, -0.15) is 0 Å². The topological polar surface area (TPSA) is 85.4 Å². The van der Waals surface area contributed by atoms with Gasteiger partial charge in [0.1, 0.15) is 0 Å². The first-order chi connectivity index (χ1) is 7.54. The van der Waals surface area contributed by atoms with Gasteiger partial charge in [0.05, 0.1) is 22.9 Å². The molecule has 3 N–H and O–H groups in total. The van der Waals surface area contributed by atoms with E-state index in [9.17, 15) is 9.59 Å². The van der Waals surface area contributed by atoms with Gasteiger partial charge in [-0.1, -0.05) is 0 Å². The number of H-pyrrole nitrogens is 1. The summed E-state index contributed by atoms with van der Waals surface area (Å²) in [4.78, 5) is 26.9. The van der Waals surface area contributed by atoms with Crippen LogP contribution in [0.4, 0.5) is 11.4 Å². The molecule has 2 rings (SSSR count). The molecule has 7 heteroatoms. The zero-order valence-corrected chi connectivity index (χ0v) is 9.64. The SMILES string of the molecule is CSc1[nH]c(C(=O)O)c2c1N(C)CC(=O)N2. The molecule has 1 amide bonds. The van der Waals surface area contributed by atoms with Crippen LogP contribution in [0.5, 0.6) is 0 Å². The van der Waals surface area contributed by atoms with Gasteiger partial charge in [-0.15, -0.1) is 11.8 Å². The molecule has 1 aromatic heterocycles. The number of aromatic carboxylic acids is 1. The minimum absolute atomic E-state index is 0.0271. The zero-order chi connectivity index (χ0) is 11.9. The van der Waals surface area contributed by atoms with E-state index in [1.165, 1.54) is 11.8 Å². The molecule has 1 aliphatic rings. The number of anilines is 2.